The molecule has 0 spiro atoms. The monoisotopic (exact) mass is 543 g/mol. The van der Waals surface area contributed by atoms with Crippen LogP contribution in [0.2, 0.25) is 0 Å². The van der Waals surface area contributed by atoms with Gasteiger partial charge in [0.25, 0.3) is 0 Å². The number of nitrogens with zero attached hydrogens (tertiary/aromatic N) is 6. The van der Waals surface area contributed by atoms with Crippen LogP contribution in [0.25, 0.3) is 5.82 Å². The molecule has 41 heavy (non-hydrogen) atoms. The molecule has 0 unspecified atom stereocenters. The van der Waals surface area contributed by atoms with E-state index in [0.29, 0.717) is 23.3 Å². The Morgan fingerprint density at radius 2 is 1.68 bits per heavy atom. The molecule has 2 aromatic heterocycles. The molecule has 5 aromatic rings. The summed E-state index contributed by atoms with van der Waals surface area (Å²) in [6.45, 7) is 1.94. The van der Waals surface area contributed by atoms with Crippen LogP contribution in [0.3, 0.4) is 0 Å². The Kier molecular flexibility index (Phi) is 5.67. The first-order valence-corrected chi connectivity index (χ1v) is 13.0. The number of benzene rings is 3. The molecule has 0 saturated heterocycles. The number of pyridine rings is 1. The Hall–Kier alpha value is -5.64. The second-order valence-corrected chi connectivity index (χ2v) is 9.68. The summed E-state index contributed by atoms with van der Waals surface area (Å²) in [7, 11) is 1.63. The molecule has 2 aliphatic heterocycles. The van der Waals surface area contributed by atoms with Gasteiger partial charge in [0.1, 0.15) is 5.75 Å². The summed E-state index contributed by atoms with van der Waals surface area (Å²) in [4.78, 5) is 16.8. The van der Waals surface area contributed by atoms with E-state index in [1.165, 1.54) is 6.07 Å². The number of anilines is 2. The maximum atomic E-state index is 10.5. The average Bonchev–Trinajstić information content (AvgIpc) is 3.34. The zero-order chi connectivity index (χ0) is 28.1. The predicted molar refractivity (Wildman–Crippen MR) is 157 cm³/mol. The van der Waals surface area contributed by atoms with Crippen molar-refractivity contribution in [3.63, 3.8) is 0 Å². The third kappa shape index (κ3) is 4.04. The molecule has 0 bridgehead atoms. The number of ether oxygens (including phenoxy) is 1. The van der Waals surface area contributed by atoms with E-state index < -0.39 is 6.04 Å². The average molecular weight is 544 g/mol. The van der Waals surface area contributed by atoms with Crippen molar-refractivity contribution in [2.24, 2.45) is 9.98 Å². The van der Waals surface area contributed by atoms with Crippen LogP contribution in [0.4, 0.5) is 22.9 Å². The Bertz CT molecular complexity index is 1850. The molecule has 0 aliphatic carbocycles. The third-order valence-electron chi connectivity index (χ3n) is 7.17. The van der Waals surface area contributed by atoms with Crippen molar-refractivity contribution in [3.05, 3.63) is 108 Å². The van der Waals surface area contributed by atoms with Gasteiger partial charge in [0, 0.05) is 17.4 Å². The highest BCUT2D eigenvalue weighted by Crippen LogP contribution is 2.49. The van der Waals surface area contributed by atoms with Crippen LogP contribution in [0, 0.1) is 6.92 Å². The minimum atomic E-state index is -0.453. The van der Waals surface area contributed by atoms with Gasteiger partial charge in [0.05, 0.1) is 30.2 Å². The normalized spacial score (nSPS) is 15.3. The highest BCUT2D eigenvalue weighted by molar-refractivity contribution is 6.51. The number of methoxy groups -OCH3 is 1. The molecule has 1 atom stereocenters. The molecule has 0 fully saturated rings. The van der Waals surface area contributed by atoms with Crippen LogP contribution in [-0.4, -0.2) is 43.8 Å². The Balaban J connectivity index is 1.48. The van der Waals surface area contributed by atoms with Gasteiger partial charge in [-0.05, 0) is 73.2 Å². The summed E-state index contributed by atoms with van der Waals surface area (Å²) >= 11 is 0. The van der Waals surface area contributed by atoms with E-state index in [9.17, 15) is 10.2 Å². The summed E-state index contributed by atoms with van der Waals surface area (Å²) in [5.74, 6) is 2.68. The minimum Gasteiger partial charge on any atom is -0.504 e. The Morgan fingerprint density at radius 3 is 2.44 bits per heavy atom. The molecule has 3 aromatic carbocycles. The van der Waals surface area contributed by atoms with E-state index in [-0.39, 0.29) is 11.5 Å². The summed E-state index contributed by atoms with van der Waals surface area (Å²) in [5, 5.41) is 29.0. The molecule has 2 aliphatic rings. The van der Waals surface area contributed by atoms with Gasteiger partial charge in [-0.25, -0.2) is 15.0 Å². The maximum absolute atomic E-state index is 10.5. The lowest BCUT2D eigenvalue weighted by atomic mass is 9.93. The first-order valence-electron chi connectivity index (χ1n) is 13.0. The lowest BCUT2D eigenvalue weighted by molar-refractivity contribution is 0.403. The van der Waals surface area contributed by atoms with Gasteiger partial charge in [-0.2, -0.15) is 9.78 Å². The topological polar surface area (TPSA) is 120 Å². The van der Waals surface area contributed by atoms with E-state index in [0.717, 1.165) is 39.6 Å². The third-order valence-corrected chi connectivity index (χ3v) is 7.17. The number of hydrogen-bond acceptors (Lipinski definition) is 9. The maximum Gasteiger partial charge on any atom is 0.179 e. The molecule has 0 amide bonds. The zero-order valence-corrected chi connectivity index (χ0v) is 22.2. The first kappa shape index (κ1) is 24.4. The van der Waals surface area contributed by atoms with Crippen LogP contribution >= 0.6 is 0 Å². The van der Waals surface area contributed by atoms with E-state index in [4.69, 9.17) is 19.8 Å². The number of rotatable bonds is 4. The molecule has 7 rings (SSSR count). The molecule has 3 N–H and O–H groups in total. The number of aromatic nitrogens is 3. The molecular formula is C31H25N7O3. The van der Waals surface area contributed by atoms with Crippen LogP contribution in [0.1, 0.15) is 22.9 Å². The van der Waals surface area contributed by atoms with Crippen LogP contribution in [-0.2, 0) is 0 Å². The number of fused-ring (bicyclic) bond motifs is 4. The van der Waals surface area contributed by atoms with E-state index >= 15 is 0 Å². The number of hydrogen-bond donors (Lipinski definition) is 3. The highest BCUT2D eigenvalue weighted by atomic mass is 16.5. The fourth-order valence-corrected chi connectivity index (χ4v) is 5.27. The van der Waals surface area contributed by atoms with Crippen molar-refractivity contribution in [2.75, 3.05) is 17.3 Å². The molecular weight excluding hydrogens is 518 g/mol. The van der Waals surface area contributed by atoms with Gasteiger partial charge in [-0.3, -0.25) is 0 Å². The summed E-state index contributed by atoms with van der Waals surface area (Å²) < 4.78 is 7.06. The van der Waals surface area contributed by atoms with Gasteiger partial charge < -0.3 is 25.2 Å². The molecule has 202 valence electrons. The standard InChI is InChI=1S/C31H25N7O3/c1-18-27-28(19-10-15-24(39)25(40)17-19)37-23-8-4-3-7-22(23)34-29(33-20-11-13-21(41-2)14-12-20)31(37)35-30(27)38(36-18)26-9-5-6-16-32-26/h3-17,28,39-40H,1-2H3,(H,33,34)/t28-/m1/s1. The number of amidine groups is 2. The lowest BCUT2D eigenvalue weighted by Gasteiger charge is -2.40. The van der Waals surface area contributed by atoms with Gasteiger partial charge in [-0.15, -0.1) is 0 Å². The van der Waals surface area contributed by atoms with Gasteiger partial charge in [-0.1, -0.05) is 24.3 Å². The number of aromatic hydroxyl groups is 2. The van der Waals surface area contributed by atoms with Crippen molar-refractivity contribution < 1.29 is 14.9 Å². The van der Waals surface area contributed by atoms with E-state index in [2.05, 4.69) is 15.2 Å². The van der Waals surface area contributed by atoms with E-state index in [1.54, 1.807) is 30.1 Å². The second kappa shape index (κ2) is 9.53. The number of phenolic OH excluding ortho intramolecular Hbond substituents is 2. The number of aryl methyl sites for hydroxylation is 1. The number of aliphatic imine (C=N–C) groups is 2. The fourth-order valence-electron chi connectivity index (χ4n) is 5.27. The molecule has 0 saturated carbocycles. The molecule has 10 nitrogen and oxygen atoms in total. The molecule has 0 radical (unpaired) electrons. The molecule has 10 heteroatoms. The van der Waals surface area contributed by atoms with Gasteiger partial charge in [0.2, 0.25) is 0 Å². The van der Waals surface area contributed by atoms with Crippen LogP contribution in [0.15, 0.2) is 101 Å². The van der Waals surface area contributed by atoms with Crippen molar-refractivity contribution >= 4 is 34.6 Å². The highest BCUT2D eigenvalue weighted by Gasteiger charge is 2.41. The Morgan fingerprint density at radius 1 is 0.878 bits per heavy atom. The number of para-hydroxylation sites is 2. The van der Waals surface area contributed by atoms with Crippen molar-refractivity contribution in [1.82, 2.24) is 14.8 Å². The Labute approximate surface area is 235 Å². The lowest BCUT2D eigenvalue weighted by Crippen LogP contribution is -2.46. The summed E-state index contributed by atoms with van der Waals surface area (Å²) in [6.07, 6.45) is 1.71. The minimum absolute atomic E-state index is 0.193. The van der Waals surface area contributed by atoms with Crippen molar-refractivity contribution in [2.45, 2.75) is 13.0 Å². The summed E-state index contributed by atoms with van der Waals surface area (Å²) in [5.41, 5.74) is 4.78. The number of nitrogens with one attached hydrogen (secondary N) is 1. The largest absolute Gasteiger partial charge is 0.504 e. The van der Waals surface area contributed by atoms with Crippen LogP contribution < -0.4 is 15.0 Å². The quantitative estimate of drug-likeness (QED) is 0.245. The fraction of sp³-hybridized carbons (Fsp3) is 0.0968. The smallest absolute Gasteiger partial charge is 0.179 e. The van der Waals surface area contributed by atoms with Gasteiger partial charge in [0.15, 0.2) is 34.8 Å². The van der Waals surface area contributed by atoms with Crippen LogP contribution in [0.5, 0.6) is 17.2 Å². The van der Waals surface area contributed by atoms with Crippen molar-refractivity contribution in [1.29, 1.82) is 0 Å². The second-order valence-electron chi connectivity index (χ2n) is 9.68. The number of phenols is 2. The predicted octanol–water partition coefficient (Wildman–Crippen LogP) is 5.79. The summed E-state index contributed by atoms with van der Waals surface area (Å²) in [6, 6.07) is 25.5. The van der Waals surface area contributed by atoms with Gasteiger partial charge >= 0.3 is 0 Å². The van der Waals surface area contributed by atoms with E-state index in [1.807, 2.05) is 73.7 Å². The first-order chi connectivity index (χ1) is 20.0. The van der Waals surface area contributed by atoms with Crippen molar-refractivity contribution in [3.8, 4) is 23.1 Å². The molecule has 4 heterocycles. The SMILES string of the molecule is COc1ccc(NC2=Nc3ccccc3N3C2=Nc2c(c(C)nn2-c2ccccn2)[C@H]3c2ccc(O)c(O)c2)cc1. The zero-order valence-electron chi connectivity index (χ0n) is 22.2.